The highest BCUT2D eigenvalue weighted by molar-refractivity contribution is 9.10. The second kappa shape index (κ2) is 4.45. The number of hydrogen-bond donors (Lipinski definition) is 0. The summed E-state index contributed by atoms with van der Waals surface area (Å²) in [5.41, 5.74) is -5.21. The maximum atomic E-state index is 13.2. The van der Waals surface area contributed by atoms with E-state index in [4.69, 9.17) is 0 Å². The van der Waals surface area contributed by atoms with Gasteiger partial charge in [-0.05, 0) is 24.6 Å². The molecule has 0 saturated carbocycles. The SMILES string of the molecule is Cc1cc(F)c(OS(=O)(=O)C(F)(F)F)cc1Br. The third-order valence-corrected chi connectivity index (χ3v) is 3.52. The molecule has 0 heterocycles. The van der Waals surface area contributed by atoms with Crippen LogP contribution in [-0.2, 0) is 10.1 Å². The van der Waals surface area contributed by atoms with Crippen LogP contribution in [0.25, 0.3) is 0 Å². The molecule has 0 saturated heterocycles. The Bertz CT molecular complexity index is 538. The van der Waals surface area contributed by atoms with Crippen molar-refractivity contribution in [2.75, 3.05) is 0 Å². The highest BCUT2D eigenvalue weighted by Crippen LogP contribution is 2.31. The summed E-state index contributed by atoms with van der Waals surface area (Å²) in [7, 11) is -5.86. The van der Waals surface area contributed by atoms with Crippen LogP contribution in [0.5, 0.6) is 5.75 Å². The van der Waals surface area contributed by atoms with Gasteiger partial charge in [0.2, 0.25) is 0 Å². The standard InChI is InChI=1S/C8H5BrF4O3S/c1-4-2-6(10)7(3-5(4)9)16-17(14,15)8(11,12)13/h2-3H,1H3. The second-order valence-corrected chi connectivity index (χ2v) is 5.41. The minimum absolute atomic E-state index is 0.228. The summed E-state index contributed by atoms with van der Waals surface area (Å²) >= 11 is 2.92. The topological polar surface area (TPSA) is 43.4 Å². The van der Waals surface area contributed by atoms with Gasteiger partial charge in [0.25, 0.3) is 0 Å². The summed E-state index contributed by atoms with van der Waals surface area (Å²) in [6.45, 7) is 1.48. The van der Waals surface area contributed by atoms with E-state index < -0.39 is 27.2 Å². The Morgan fingerprint density at radius 1 is 1.29 bits per heavy atom. The summed E-state index contributed by atoms with van der Waals surface area (Å²) in [4.78, 5) is 0. The second-order valence-electron chi connectivity index (χ2n) is 3.02. The zero-order valence-electron chi connectivity index (χ0n) is 8.18. The Labute approximate surface area is 103 Å². The Kier molecular flexibility index (Phi) is 3.72. The first-order valence-electron chi connectivity index (χ1n) is 4.01. The lowest BCUT2D eigenvalue weighted by Crippen LogP contribution is -2.28. The van der Waals surface area contributed by atoms with Gasteiger partial charge in [-0.15, -0.1) is 0 Å². The van der Waals surface area contributed by atoms with Crippen molar-refractivity contribution in [3.63, 3.8) is 0 Å². The molecule has 0 fully saturated rings. The minimum Gasteiger partial charge on any atom is -0.373 e. The van der Waals surface area contributed by atoms with Crippen molar-refractivity contribution in [2.24, 2.45) is 0 Å². The molecule has 17 heavy (non-hydrogen) atoms. The van der Waals surface area contributed by atoms with Crippen LogP contribution in [-0.4, -0.2) is 13.9 Å². The fourth-order valence-corrected chi connectivity index (χ4v) is 1.64. The number of hydrogen-bond acceptors (Lipinski definition) is 3. The predicted octanol–water partition coefficient (Wildman–Crippen LogP) is 3.13. The summed E-state index contributed by atoms with van der Waals surface area (Å²) in [5, 5.41) is 0. The quantitative estimate of drug-likeness (QED) is 0.473. The third kappa shape index (κ3) is 3.09. The average Bonchev–Trinajstić information content (AvgIpc) is 2.12. The molecule has 9 heteroatoms. The first kappa shape index (κ1) is 14.2. The molecule has 0 amide bonds. The van der Waals surface area contributed by atoms with Crippen LogP contribution in [0, 0.1) is 12.7 Å². The Morgan fingerprint density at radius 2 is 1.82 bits per heavy atom. The summed E-state index contributed by atoms with van der Waals surface area (Å²) < 4.78 is 74.3. The first-order valence-corrected chi connectivity index (χ1v) is 6.21. The number of rotatable bonds is 2. The van der Waals surface area contributed by atoms with Gasteiger partial charge >= 0.3 is 15.6 Å². The van der Waals surface area contributed by atoms with Gasteiger partial charge in [-0.2, -0.15) is 21.6 Å². The number of halogens is 5. The Morgan fingerprint density at radius 3 is 2.29 bits per heavy atom. The van der Waals surface area contributed by atoms with Crippen LogP contribution >= 0.6 is 15.9 Å². The van der Waals surface area contributed by atoms with Gasteiger partial charge in [-0.1, -0.05) is 15.9 Å². The molecule has 0 radical (unpaired) electrons. The van der Waals surface area contributed by atoms with Crippen molar-refractivity contribution < 1.29 is 30.2 Å². The maximum absolute atomic E-state index is 13.2. The van der Waals surface area contributed by atoms with Gasteiger partial charge in [0.15, 0.2) is 11.6 Å². The monoisotopic (exact) mass is 336 g/mol. The van der Waals surface area contributed by atoms with Crippen LogP contribution in [0.2, 0.25) is 0 Å². The van der Waals surface area contributed by atoms with Gasteiger partial charge in [-0.25, -0.2) is 4.39 Å². The molecule has 1 aromatic rings. The molecule has 0 unspecified atom stereocenters. The van der Waals surface area contributed by atoms with E-state index in [1.54, 1.807) is 0 Å². The largest absolute Gasteiger partial charge is 0.534 e. The summed E-state index contributed by atoms with van der Waals surface area (Å²) in [5.74, 6) is -2.21. The van der Waals surface area contributed by atoms with Gasteiger partial charge in [-0.3, -0.25) is 0 Å². The van der Waals surface area contributed by atoms with E-state index in [2.05, 4.69) is 20.1 Å². The van der Waals surface area contributed by atoms with Crippen molar-refractivity contribution in [3.8, 4) is 5.75 Å². The van der Waals surface area contributed by atoms with E-state index in [0.717, 1.165) is 12.1 Å². The average molecular weight is 337 g/mol. The molecule has 0 aliphatic carbocycles. The summed E-state index contributed by atoms with van der Waals surface area (Å²) in [6, 6.07) is 1.67. The van der Waals surface area contributed by atoms with Crippen LogP contribution in [0.4, 0.5) is 17.6 Å². The molecule has 0 aliphatic rings. The molecular weight excluding hydrogens is 332 g/mol. The van der Waals surface area contributed by atoms with E-state index in [0.29, 0.717) is 5.56 Å². The highest BCUT2D eigenvalue weighted by Gasteiger charge is 2.48. The fourth-order valence-electron chi connectivity index (χ4n) is 0.857. The van der Waals surface area contributed by atoms with Crippen molar-refractivity contribution in [2.45, 2.75) is 12.4 Å². The van der Waals surface area contributed by atoms with E-state index in [9.17, 15) is 26.0 Å². The van der Waals surface area contributed by atoms with Crippen molar-refractivity contribution in [1.82, 2.24) is 0 Å². The predicted molar refractivity (Wildman–Crippen MR) is 54.4 cm³/mol. The maximum Gasteiger partial charge on any atom is 0.534 e. The Balaban J connectivity index is 3.18. The molecule has 1 rings (SSSR count). The fraction of sp³-hybridized carbons (Fsp3) is 0.250. The zero-order valence-corrected chi connectivity index (χ0v) is 10.6. The molecule has 1 aromatic carbocycles. The zero-order chi connectivity index (χ0) is 13.4. The lowest BCUT2D eigenvalue weighted by atomic mass is 10.2. The van der Waals surface area contributed by atoms with E-state index in [1.807, 2.05) is 0 Å². The van der Waals surface area contributed by atoms with Crippen molar-refractivity contribution in [1.29, 1.82) is 0 Å². The molecule has 0 aliphatic heterocycles. The molecule has 3 nitrogen and oxygen atoms in total. The van der Waals surface area contributed by atoms with Crippen LogP contribution < -0.4 is 4.18 Å². The Hall–Kier alpha value is -0.830. The van der Waals surface area contributed by atoms with Gasteiger partial charge in [0, 0.05) is 4.47 Å². The van der Waals surface area contributed by atoms with Gasteiger partial charge < -0.3 is 4.18 Å². The van der Waals surface area contributed by atoms with E-state index in [-0.39, 0.29) is 4.47 Å². The smallest absolute Gasteiger partial charge is 0.373 e. The normalized spacial score (nSPS) is 12.6. The lowest BCUT2D eigenvalue weighted by Gasteiger charge is -2.10. The number of aryl methyl sites for hydroxylation is 1. The van der Waals surface area contributed by atoms with Gasteiger partial charge in [0.1, 0.15) is 0 Å². The molecular formula is C8H5BrF4O3S. The molecule has 0 spiro atoms. The number of benzene rings is 1. The van der Waals surface area contributed by atoms with Crippen LogP contribution in [0.1, 0.15) is 5.56 Å². The van der Waals surface area contributed by atoms with Crippen LogP contribution in [0.3, 0.4) is 0 Å². The molecule has 0 atom stereocenters. The summed E-state index contributed by atoms with van der Waals surface area (Å²) in [6.07, 6.45) is 0. The van der Waals surface area contributed by atoms with E-state index >= 15 is 0 Å². The van der Waals surface area contributed by atoms with Crippen molar-refractivity contribution in [3.05, 3.63) is 28.0 Å². The highest BCUT2D eigenvalue weighted by atomic mass is 79.9. The minimum atomic E-state index is -5.86. The molecule has 0 aromatic heterocycles. The van der Waals surface area contributed by atoms with Gasteiger partial charge in [0.05, 0.1) is 0 Å². The third-order valence-electron chi connectivity index (χ3n) is 1.70. The molecule has 96 valence electrons. The van der Waals surface area contributed by atoms with Crippen molar-refractivity contribution >= 4 is 26.0 Å². The number of alkyl halides is 3. The lowest BCUT2D eigenvalue weighted by molar-refractivity contribution is -0.0500. The van der Waals surface area contributed by atoms with E-state index in [1.165, 1.54) is 6.92 Å². The first-order chi connectivity index (χ1) is 7.54. The molecule has 0 N–H and O–H groups in total. The van der Waals surface area contributed by atoms with Crippen LogP contribution in [0.15, 0.2) is 16.6 Å². The molecule has 0 bridgehead atoms.